The van der Waals surface area contributed by atoms with Crippen molar-refractivity contribution < 1.29 is 14.5 Å². The third-order valence-corrected chi connectivity index (χ3v) is 2.74. The zero-order valence-corrected chi connectivity index (χ0v) is 11.5. The molecule has 0 N–H and O–H groups in total. The molecule has 5 heteroatoms. The van der Waals surface area contributed by atoms with Gasteiger partial charge in [0.1, 0.15) is 5.75 Å². The van der Waals surface area contributed by atoms with E-state index in [0.29, 0.717) is 18.6 Å². The van der Waals surface area contributed by atoms with Crippen LogP contribution in [0.4, 0.5) is 0 Å². The molecule has 19 heavy (non-hydrogen) atoms. The summed E-state index contributed by atoms with van der Waals surface area (Å²) in [6.45, 7) is 5.08. The predicted molar refractivity (Wildman–Crippen MR) is 71.8 cm³/mol. The molecule has 0 saturated heterocycles. The molecule has 0 amide bonds. The molecule has 0 spiro atoms. The van der Waals surface area contributed by atoms with Crippen LogP contribution in [0.2, 0.25) is 0 Å². The van der Waals surface area contributed by atoms with E-state index in [1.165, 1.54) is 0 Å². The molecule has 0 aliphatic rings. The molecule has 1 aromatic rings. The lowest BCUT2D eigenvalue weighted by molar-refractivity contribution is -0.560. The number of ether oxygens (including phenoxy) is 1. The highest BCUT2D eigenvalue weighted by molar-refractivity contribution is 5.72. The monoisotopic (exact) mass is 265 g/mol. The highest BCUT2D eigenvalue weighted by Crippen LogP contribution is 2.19. The van der Waals surface area contributed by atoms with Crippen LogP contribution < -0.4 is 4.74 Å². The third-order valence-electron chi connectivity index (χ3n) is 2.74. The lowest BCUT2D eigenvalue weighted by atomic mass is 9.96. The number of nitro groups is 1. The van der Waals surface area contributed by atoms with Crippen molar-refractivity contribution in [1.29, 1.82) is 0 Å². The first-order valence-corrected chi connectivity index (χ1v) is 6.29. The summed E-state index contributed by atoms with van der Waals surface area (Å²) in [6, 6.07) is 6.83. The molecule has 0 atom stereocenters. The van der Waals surface area contributed by atoms with Crippen LogP contribution in [0.15, 0.2) is 24.3 Å². The van der Waals surface area contributed by atoms with Crippen LogP contribution in [0.5, 0.6) is 5.75 Å². The van der Waals surface area contributed by atoms with Crippen LogP contribution in [0.1, 0.15) is 39.2 Å². The summed E-state index contributed by atoms with van der Waals surface area (Å²) in [4.78, 5) is 21.9. The number of hydrogen-bond donors (Lipinski definition) is 0. The molecule has 0 radical (unpaired) electrons. The summed E-state index contributed by atoms with van der Waals surface area (Å²) >= 11 is 0. The zero-order valence-electron chi connectivity index (χ0n) is 11.5. The van der Waals surface area contributed by atoms with Crippen LogP contribution in [-0.2, 0) is 11.2 Å². The Labute approximate surface area is 112 Å². The van der Waals surface area contributed by atoms with E-state index in [0.717, 1.165) is 12.0 Å². The van der Waals surface area contributed by atoms with Gasteiger partial charge in [0.15, 0.2) is 0 Å². The van der Waals surface area contributed by atoms with Crippen molar-refractivity contribution >= 4 is 5.97 Å². The summed E-state index contributed by atoms with van der Waals surface area (Å²) in [5, 5.41) is 10.8. The minimum Gasteiger partial charge on any atom is -0.427 e. The number of nitrogens with zero attached hydrogens (tertiary/aromatic N) is 1. The van der Waals surface area contributed by atoms with Gasteiger partial charge in [-0.1, -0.05) is 19.1 Å². The largest absolute Gasteiger partial charge is 0.427 e. The Hall–Kier alpha value is -1.91. The van der Waals surface area contributed by atoms with Gasteiger partial charge >= 0.3 is 5.97 Å². The molecule has 104 valence electrons. The van der Waals surface area contributed by atoms with Crippen molar-refractivity contribution in [2.24, 2.45) is 0 Å². The van der Waals surface area contributed by atoms with Gasteiger partial charge in [-0.2, -0.15) is 0 Å². The smallest absolute Gasteiger partial charge is 0.311 e. The van der Waals surface area contributed by atoms with Gasteiger partial charge in [0, 0.05) is 31.6 Å². The van der Waals surface area contributed by atoms with Gasteiger partial charge < -0.3 is 4.74 Å². The maximum absolute atomic E-state index is 11.3. The SMILES string of the molecule is CCCC(=O)Oc1ccc(CC(C)(C)[N+](=O)[O-])cc1. The van der Waals surface area contributed by atoms with Crippen molar-refractivity contribution in [2.75, 3.05) is 0 Å². The standard InChI is InChI=1S/C14H19NO4/c1-4-5-13(16)19-12-8-6-11(7-9-12)10-14(2,3)15(17)18/h6-9H,4-5,10H2,1-3H3. The quantitative estimate of drug-likeness (QED) is 0.343. The van der Waals surface area contributed by atoms with Crippen molar-refractivity contribution in [1.82, 2.24) is 0 Å². The van der Waals surface area contributed by atoms with E-state index < -0.39 is 5.54 Å². The van der Waals surface area contributed by atoms with Crippen LogP contribution in [0.25, 0.3) is 0 Å². The van der Waals surface area contributed by atoms with Gasteiger partial charge in [-0.15, -0.1) is 0 Å². The Kier molecular flexibility index (Phi) is 5.03. The topological polar surface area (TPSA) is 69.4 Å². The molecule has 0 aromatic heterocycles. The van der Waals surface area contributed by atoms with Gasteiger partial charge in [0.2, 0.25) is 5.54 Å². The highest BCUT2D eigenvalue weighted by atomic mass is 16.6. The number of hydrogen-bond acceptors (Lipinski definition) is 4. The fourth-order valence-electron chi connectivity index (χ4n) is 1.63. The van der Waals surface area contributed by atoms with Gasteiger partial charge in [0.25, 0.3) is 0 Å². The average molecular weight is 265 g/mol. The lowest BCUT2D eigenvalue weighted by Crippen LogP contribution is -2.33. The van der Waals surface area contributed by atoms with E-state index in [1.54, 1.807) is 38.1 Å². The summed E-state index contributed by atoms with van der Waals surface area (Å²) in [6.07, 6.45) is 1.47. The fourth-order valence-corrected chi connectivity index (χ4v) is 1.63. The summed E-state index contributed by atoms with van der Waals surface area (Å²) in [5.41, 5.74) is -0.155. The van der Waals surface area contributed by atoms with Crippen LogP contribution in [0.3, 0.4) is 0 Å². The lowest BCUT2D eigenvalue weighted by Gasteiger charge is -2.15. The average Bonchev–Trinajstić information content (AvgIpc) is 2.31. The molecule has 0 saturated carbocycles. The number of benzene rings is 1. The van der Waals surface area contributed by atoms with E-state index in [1.807, 2.05) is 6.92 Å². The summed E-state index contributed by atoms with van der Waals surface area (Å²) < 4.78 is 5.11. The predicted octanol–water partition coefficient (Wildman–Crippen LogP) is 2.99. The van der Waals surface area contributed by atoms with E-state index in [4.69, 9.17) is 4.74 Å². The number of carbonyl (C=O) groups excluding carboxylic acids is 1. The Morgan fingerprint density at radius 1 is 1.32 bits per heavy atom. The Balaban J connectivity index is 2.67. The third kappa shape index (κ3) is 4.69. The molecule has 5 nitrogen and oxygen atoms in total. The number of esters is 1. The first-order valence-electron chi connectivity index (χ1n) is 6.29. The normalized spacial score (nSPS) is 11.1. The van der Waals surface area contributed by atoms with E-state index in [9.17, 15) is 14.9 Å². The molecule has 1 rings (SSSR count). The zero-order chi connectivity index (χ0) is 14.5. The Morgan fingerprint density at radius 3 is 2.37 bits per heavy atom. The molecular weight excluding hydrogens is 246 g/mol. The molecule has 0 fully saturated rings. The molecule has 0 heterocycles. The van der Waals surface area contributed by atoms with Crippen molar-refractivity contribution in [3.8, 4) is 5.75 Å². The summed E-state index contributed by atoms with van der Waals surface area (Å²) in [5.74, 6) is 0.210. The Morgan fingerprint density at radius 2 is 1.89 bits per heavy atom. The van der Waals surface area contributed by atoms with Gasteiger partial charge in [0.05, 0.1) is 0 Å². The fraction of sp³-hybridized carbons (Fsp3) is 0.500. The van der Waals surface area contributed by atoms with Crippen molar-refractivity contribution in [3.63, 3.8) is 0 Å². The van der Waals surface area contributed by atoms with E-state index in [-0.39, 0.29) is 10.9 Å². The second-order valence-corrected chi connectivity index (χ2v) is 5.11. The highest BCUT2D eigenvalue weighted by Gasteiger charge is 2.30. The van der Waals surface area contributed by atoms with Gasteiger partial charge in [-0.3, -0.25) is 14.9 Å². The maximum atomic E-state index is 11.3. The Bertz CT molecular complexity index is 451. The molecule has 0 unspecified atom stereocenters. The van der Waals surface area contributed by atoms with Crippen molar-refractivity contribution in [2.45, 2.75) is 45.6 Å². The van der Waals surface area contributed by atoms with Crippen LogP contribution >= 0.6 is 0 Å². The van der Waals surface area contributed by atoms with E-state index >= 15 is 0 Å². The molecular formula is C14H19NO4. The van der Waals surface area contributed by atoms with Gasteiger partial charge in [-0.05, 0) is 24.1 Å². The van der Waals surface area contributed by atoms with Crippen LogP contribution in [-0.4, -0.2) is 16.4 Å². The minimum atomic E-state index is -1.000. The second-order valence-electron chi connectivity index (χ2n) is 5.11. The molecule has 0 bridgehead atoms. The molecule has 0 aliphatic carbocycles. The van der Waals surface area contributed by atoms with Crippen LogP contribution in [0, 0.1) is 10.1 Å². The van der Waals surface area contributed by atoms with Crippen molar-refractivity contribution in [3.05, 3.63) is 39.9 Å². The number of carbonyl (C=O) groups is 1. The van der Waals surface area contributed by atoms with Gasteiger partial charge in [-0.25, -0.2) is 0 Å². The maximum Gasteiger partial charge on any atom is 0.311 e. The number of rotatable bonds is 6. The molecule has 1 aromatic carbocycles. The van der Waals surface area contributed by atoms with E-state index in [2.05, 4.69) is 0 Å². The summed E-state index contributed by atoms with van der Waals surface area (Å²) in [7, 11) is 0. The minimum absolute atomic E-state index is 0.263. The second kappa shape index (κ2) is 6.31. The first-order chi connectivity index (χ1) is 8.85. The molecule has 0 aliphatic heterocycles. The first kappa shape index (κ1) is 15.1.